The Balaban J connectivity index is 1.58. The number of nitrogens with one attached hydrogen (secondary N) is 1. The number of rotatable bonds is 11. The van der Waals surface area contributed by atoms with Gasteiger partial charge in [-0.25, -0.2) is 0 Å². The predicted octanol–water partition coefficient (Wildman–Crippen LogP) is 3.44. The molecule has 0 saturated heterocycles. The van der Waals surface area contributed by atoms with Crippen LogP contribution in [0.4, 0.5) is 0 Å². The normalized spacial score (nSPS) is 12.4. The number of hydrogen-bond donors (Lipinski definition) is 1. The quantitative estimate of drug-likeness (QED) is 0.478. The van der Waals surface area contributed by atoms with Crippen LogP contribution in [0.15, 0.2) is 50.8 Å². The van der Waals surface area contributed by atoms with Crippen molar-refractivity contribution in [2.24, 2.45) is 0 Å². The minimum Gasteiger partial charge on any atom is -0.468 e. The third-order valence-electron chi connectivity index (χ3n) is 4.72. The van der Waals surface area contributed by atoms with E-state index in [0.717, 1.165) is 18.8 Å². The van der Waals surface area contributed by atoms with Gasteiger partial charge < -0.3 is 14.2 Å². The van der Waals surface area contributed by atoms with E-state index < -0.39 is 0 Å². The lowest BCUT2D eigenvalue weighted by atomic mass is 10.2. The summed E-state index contributed by atoms with van der Waals surface area (Å²) in [5.74, 6) is 2.40. The molecule has 0 aliphatic heterocycles. The molecule has 0 aliphatic rings. The Bertz CT molecular complexity index is 872. The molecule has 0 radical (unpaired) electrons. The van der Waals surface area contributed by atoms with E-state index in [4.69, 9.17) is 8.83 Å². The van der Waals surface area contributed by atoms with Crippen molar-refractivity contribution in [2.75, 3.05) is 25.4 Å². The molecule has 1 unspecified atom stereocenters. The first kappa shape index (κ1) is 21.2. The molecule has 0 aliphatic carbocycles. The van der Waals surface area contributed by atoms with E-state index in [1.807, 2.05) is 35.8 Å². The standard InChI is InChI=1S/C20H27N5O3S/c1-4-24(5-2)15(16-9-7-11-27-16)13-21-18(26)14-29-20-23-22-19(25(20)6-3)17-10-8-12-28-17/h7-12,15H,4-6,13-14H2,1-3H3,(H,21,26). The van der Waals surface area contributed by atoms with E-state index in [-0.39, 0.29) is 17.7 Å². The van der Waals surface area contributed by atoms with Crippen LogP contribution in [0.1, 0.15) is 32.6 Å². The monoisotopic (exact) mass is 417 g/mol. The predicted molar refractivity (Wildman–Crippen MR) is 112 cm³/mol. The maximum atomic E-state index is 12.5. The number of hydrogen-bond acceptors (Lipinski definition) is 7. The number of aromatic nitrogens is 3. The molecule has 3 aromatic heterocycles. The number of carbonyl (C=O) groups excluding carboxylic acids is 1. The van der Waals surface area contributed by atoms with E-state index in [9.17, 15) is 4.79 Å². The Morgan fingerprint density at radius 2 is 1.93 bits per heavy atom. The van der Waals surface area contributed by atoms with Crippen molar-refractivity contribution >= 4 is 17.7 Å². The third-order valence-corrected chi connectivity index (χ3v) is 5.69. The molecule has 3 heterocycles. The van der Waals surface area contributed by atoms with E-state index in [2.05, 4.69) is 34.3 Å². The molecule has 3 rings (SSSR count). The molecule has 1 amide bonds. The number of thioether (sulfide) groups is 1. The molecule has 0 saturated carbocycles. The van der Waals surface area contributed by atoms with E-state index in [1.165, 1.54) is 11.8 Å². The van der Waals surface area contributed by atoms with Gasteiger partial charge in [-0.1, -0.05) is 25.6 Å². The van der Waals surface area contributed by atoms with Crippen molar-refractivity contribution in [3.8, 4) is 11.6 Å². The summed E-state index contributed by atoms with van der Waals surface area (Å²) in [5, 5.41) is 12.1. The highest BCUT2D eigenvalue weighted by Gasteiger charge is 2.22. The van der Waals surface area contributed by atoms with Crippen molar-refractivity contribution < 1.29 is 13.6 Å². The van der Waals surface area contributed by atoms with E-state index >= 15 is 0 Å². The van der Waals surface area contributed by atoms with Gasteiger partial charge in [0, 0.05) is 13.1 Å². The van der Waals surface area contributed by atoms with Crippen LogP contribution < -0.4 is 5.32 Å². The molecule has 0 bridgehead atoms. The molecule has 0 spiro atoms. The number of amides is 1. The van der Waals surface area contributed by atoms with Crippen LogP contribution in [0, 0.1) is 0 Å². The van der Waals surface area contributed by atoms with Gasteiger partial charge in [-0.2, -0.15) is 0 Å². The second-order valence-corrected chi connectivity index (χ2v) is 7.32. The number of furan rings is 2. The molecular formula is C20H27N5O3S. The van der Waals surface area contributed by atoms with Gasteiger partial charge in [-0.15, -0.1) is 10.2 Å². The summed E-state index contributed by atoms with van der Waals surface area (Å²) in [6.07, 6.45) is 3.27. The highest BCUT2D eigenvalue weighted by atomic mass is 32.2. The maximum Gasteiger partial charge on any atom is 0.230 e. The van der Waals surface area contributed by atoms with E-state index in [1.54, 1.807) is 12.5 Å². The lowest BCUT2D eigenvalue weighted by Gasteiger charge is -2.28. The fourth-order valence-corrected chi connectivity index (χ4v) is 4.05. The highest BCUT2D eigenvalue weighted by molar-refractivity contribution is 7.99. The molecule has 1 atom stereocenters. The Hall–Kier alpha value is -2.52. The average Bonchev–Trinajstić information content (AvgIpc) is 3.50. The van der Waals surface area contributed by atoms with Crippen LogP contribution in [0.3, 0.4) is 0 Å². The summed E-state index contributed by atoms with van der Waals surface area (Å²) in [6, 6.07) is 7.50. The van der Waals surface area contributed by atoms with Crippen molar-refractivity contribution in [2.45, 2.75) is 38.5 Å². The zero-order valence-electron chi connectivity index (χ0n) is 17.0. The van der Waals surface area contributed by atoms with Crippen molar-refractivity contribution in [1.82, 2.24) is 25.0 Å². The first-order valence-corrected chi connectivity index (χ1v) is 10.8. The number of likely N-dealkylation sites (N-methyl/N-ethyl adjacent to an activating group) is 1. The van der Waals surface area contributed by atoms with Gasteiger partial charge in [-0.05, 0) is 44.3 Å². The molecule has 0 aromatic carbocycles. The van der Waals surface area contributed by atoms with Gasteiger partial charge in [-0.3, -0.25) is 14.3 Å². The number of carbonyl (C=O) groups is 1. The van der Waals surface area contributed by atoms with Gasteiger partial charge in [0.15, 0.2) is 16.7 Å². The maximum absolute atomic E-state index is 12.5. The second kappa shape index (κ2) is 10.3. The molecule has 8 nitrogen and oxygen atoms in total. The van der Waals surface area contributed by atoms with Crippen molar-refractivity contribution in [3.63, 3.8) is 0 Å². The van der Waals surface area contributed by atoms with Crippen molar-refractivity contribution in [3.05, 3.63) is 42.6 Å². The summed E-state index contributed by atoms with van der Waals surface area (Å²) in [5.41, 5.74) is 0. The minimum absolute atomic E-state index is 0.0128. The van der Waals surface area contributed by atoms with Crippen LogP contribution in [0.25, 0.3) is 11.6 Å². The van der Waals surface area contributed by atoms with Gasteiger partial charge in [0.2, 0.25) is 5.91 Å². The van der Waals surface area contributed by atoms with Crippen molar-refractivity contribution in [1.29, 1.82) is 0 Å². The molecule has 3 aromatic rings. The third kappa shape index (κ3) is 5.10. The largest absolute Gasteiger partial charge is 0.468 e. The molecule has 0 fully saturated rings. The molecular weight excluding hydrogens is 390 g/mol. The Kier molecular flexibility index (Phi) is 7.54. The summed E-state index contributed by atoms with van der Waals surface area (Å²) >= 11 is 1.37. The van der Waals surface area contributed by atoms with Gasteiger partial charge in [0.1, 0.15) is 5.76 Å². The fraction of sp³-hybridized carbons (Fsp3) is 0.450. The Morgan fingerprint density at radius 3 is 2.55 bits per heavy atom. The second-order valence-electron chi connectivity index (χ2n) is 6.37. The average molecular weight is 418 g/mol. The molecule has 29 heavy (non-hydrogen) atoms. The fourth-order valence-electron chi connectivity index (χ4n) is 3.22. The first-order chi connectivity index (χ1) is 14.2. The first-order valence-electron chi connectivity index (χ1n) is 9.81. The van der Waals surface area contributed by atoms with Gasteiger partial charge >= 0.3 is 0 Å². The van der Waals surface area contributed by atoms with Crippen LogP contribution >= 0.6 is 11.8 Å². The van der Waals surface area contributed by atoms with Crippen LogP contribution in [-0.2, 0) is 11.3 Å². The lowest BCUT2D eigenvalue weighted by Crippen LogP contribution is -2.38. The molecule has 9 heteroatoms. The Morgan fingerprint density at radius 1 is 1.17 bits per heavy atom. The molecule has 1 N–H and O–H groups in total. The smallest absolute Gasteiger partial charge is 0.230 e. The zero-order chi connectivity index (χ0) is 20.6. The van der Waals surface area contributed by atoms with Crippen LogP contribution in [0.5, 0.6) is 0 Å². The SMILES string of the molecule is CCN(CC)C(CNC(=O)CSc1nnc(-c2ccco2)n1CC)c1ccco1. The zero-order valence-corrected chi connectivity index (χ0v) is 17.8. The summed E-state index contributed by atoms with van der Waals surface area (Å²) in [4.78, 5) is 14.7. The summed E-state index contributed by atoms with van der Waals surface area (Å²) in [6.45, 7) is 9.15. The highest BCUT2D eigenvalue weighted by Crippen LogP contribution is 2.24. The van der Waals surface area contributed by atoms with Crippen LogP contribution in [-0.4, -0.2) is 51.0 Å². The topological polar surface area (TPSA) is 89.3 Å². The van der Waals surface area contributed by atoms with Gasteiger partial charge in [0.05, 0.1) is 24.3 Å². The molecule has 156 valence electrons. The Labute approximate surface area is 174 Å². The lowest BCUT2D eigenvalue weighted by molar-refractivity contribution is -0.118. The van der Waals surface area contributed by atoms with E-state index in [0.29, 0.717) is 29.8 Å². The summed E-state index contributed by atoms with van der Waals surface area (Å²) in [7, 11) is 0. The minimum atomic E-state index is -0.0519. The van der Waals surface area contributed by atoms with Crippen LogP contribution in [0.2, 0.25) is 0 Å². The van der Waals surface area contributed by atoms with Gasteiger partial charge in [0.25, 0.3) is 0 Å². The number of nitrogens with zero attached hydrogens (tertiary/aromatic N) is 4. The summed E-state index contributed by atoms with van der Waals surface area (Å²) < 4.78 is 12.9.